The monoisotopic (exact) mass is 354 g/mol. The number of rotatable bonds is 7. The molecule has 0 aliphatic heterocycles. The standard InChI is InChI=1S/C21H26N2O3/c1-15(2)14-26-19-11-7-17(8-12-19)21(25)23(4)13-20(24)22-18-9-5-16(3)6-10-18/h5-12,15H,13-14H2,1-4H3,(H,22,24). The van der Waals surface area contributed by atoms with E-state index >= 15 is 0 Å². The third kappa shape index (κ3) is 5.92. The van der Waals surface area contributed by atoms with Crippen LogP contribution in [0.15, 0.2) is 48.5 Å². The van der Waals surface area contributed by atoms with Gasteiger partial charge < -0.3 is 15.0 Å². The molecule has 0 aliphatic carbocycles. The Morgan fingerprint density at radius 1 is 1.04 bits per heavy atom. The van der Waals surface area contributed by atoms with Gasteiger partial charge in [0, 0.05) is 18.3 Å². The highest BCUT2D eigenvalue weighted by atomic mass is 16.5. The molecule has 0 saturated heterocycles. The molecule has 0 radical (unpaired) electrons. The first-order valence-electron chi connectivity index (χ1n) is 8.70. The molecule has 0 aliphatic rings. The number of amides is 2. The van der Waals surface area contributed by atoms with Crippen molar-refractivity contribution in [2.45, 2.75) is 20.8 Å². The van der Waals surface area contributed by atoms with Gasteiger partial charge in [-0.3, -0.25) is 9.59 Å². The minimum Gasteiger partial charge on any atom is -0.493 e. The maximum Gasteiger partial charge on any atom is 0.254 e. The number of likely N-dealkylation sites (N-methyl/N-ethyl adjacent to an activating group) is 1. The molecule has 0 spiro atoms. The number of nitrogens with zero attached hydrogens (tertiary/aromatic N) is 1. The topological polar surface area (TPSA) is 58.6 Å². The van der Waals surface area contributed by atoms with E-state index in [0.29, 0.717) is 23.8 Å². The lowest BCUT2D eigenvalue weighted by atomic mass is 10.2. The molecule has 0 saturated carbocycles. The highest BCUT2D eigenvalue weighted by Gasteiger charge is 2.15. The summed E-state index contributed by atoms with van der Waals surface area (Å²) in [5, 5.41) is 2.79. The summed E-state index contributed by atoms with van der Waals surface area (Å²) in [6.45, 7) is 6.75. The van der Waals surface area contributed by atoms with Crippen molar-refractivity contribution in [1.29, 1.82) is 0 Å². The van der Waals surface area contributed by atoms with Crippen LogP contribution in [0.4, 0.5) is 5.69 Å². The van der Waals surface area contributed by atoms with Gasteiger partial charge in [-0.15, -0.1) is 0 Å². The first-order valence-corrected chi connectivity index (χ1v) is 8.70. The van der Waals surface area contributed by atoms with E-state index in [2.05, 4.69) is 19.2 Å². The van der Waals surface area contributed by atoms with E-state index in [9.17, 15) is 9.59 Å². The Labute approximate surface area is 155 Å². The lowest BCUT2D eigenvalue weighted by Gasteiger charge is -2.17. The van der Waals surface area contributed by atoms with Crippen molar-refractivity contribution in [3.05, 3.63) is 59.7 Å². The van der Waals surface area contributed by atoms with E-state index in [0.717, 1.165) is 11.3 Å². The first kappa shape index (κ1) is 19.5. The van der Waals surface area contributed by atoms with Crippen molar-refractivity contribution in [3.8, 4) is 5.75 Å². The Kier molecular flexibility index (Phi) is 6.78. The predicted molar refractivity (Wildman–Crippen MR) is 104 cm³/mol. The van der Waals surface area contributed by atoms with Gasteiger partial charge in [-0.2, -0.15) is 0 Å². The van der Waals surface area contributed by atoms with E-state index in [1.165, 1.54) is 4.90 Å². The van der Waals surface area contributed by atoms with Crippen LogP contribution in [0.1, 0.15) is 29.8 Å². The van der Waals surface area contributed by atoms with Gasteiger partial charge in [0.2, 0.25) is 5.91 Å². The molecule has 1 N–H and O–H groups in total. The largest absolute Gasteiger partial charge is 0.493 e. The Balaban J connectivity index is 1.89. The third-order valence-corrected chi connectivity index (χ3v) is 3.75. The smallest absolute Gasteiger partial charge is 0.254 e. The number of aryl methyl sites for hydroxylation is 1. The fourth-order valence-electron chi connectivity index (χ4n) is 2.30. The summed E-state index contributed by atoms with van der Waals surface area (Å²) in [7, 11) is 1.61. The average Bonchev–Trinajstić information content (AvgIpc) is 2.61. The van der Waals surface area contributed by atoms with E-state index < -0.39 is 0 Å². The second-order valence-corrected chi connectivity index (χ2v) is 6.80. The number of hydrogen-bond donors (Lipinski definition) is 1. The van der Waals surface area contributed by atoms with Crippen LogP contribution in [-0.2, 0) is 4.79 Å². The number of ether oxygens (including phenoxy) is 1. The quantitative estimate of drug-likeness (QED) is 0.824. The molecule has 0 unspecified atom stereocenters. The summed E-state index contributed by atoms with van der Waals surface area (Å²) < 4.78 is 5.61. The van der Waals surface area contributed by atoms with Gasteiger partial charge in [0.15, 0.2) is 0 Å². The number of hydrogen-bond acceptors (Lipinski definition) is 3. The molecule has 0 aromatic heterocycles. The summed E-state index contributed by atoms with van der Waals surface area (Å²) in [6, 6.07) is 14.5. The van der Waals surface area contributed by atoms with Crippen LogP contribution in [0.25, 0.3) is 0 Å². The van der Waals surface area contributed by atoms with Crippen LogP contribution in [-0.4, -0.2) is 36.9 Å². The molecule has 2 amide bonds. The fraction of sp³-hybridized carbons (Fsp3) is 0.333. The van der Waals surface area contributed by atoms with Crippen molar-refractivity contribution >= 4 is 17.5 Å². The van der Waals surface area contributed by atoms with Crippen LogP contribution >= 0.6 is 0 Å². The van der Waals surface area contributed by atoms with E-state index in [1.54, 1.807) is 31.3 Å². The first-order chi connectivity index (χ1) is 12.3. The van der Waals surface area contributed by atoms with Crippen LogP contribution in [0.5, 0.6) is 5.75 Å². The average molecular weight is 354 g/mol. The molecule has 2 aromatic rings. The molecule has 0 bridgehead atoms. The Hall–Kier alpha value is -2.82. The van der Waals surface area contributed by atoms with E-state index in [4.69, 9.17) is 4.74 Å². The number of anilines is 1. The van der Waals surface area contributed by atoms with Crippen molar-refractivity contribution in [3.63, 3.8) is 0 Å². The van der Waals surface area contributed by atoms with Crippen molar-refractivity contribution in [2.24, 2.45) is 5.92 Å². The van der Waals surface area contributed by atoms with Crippen LogP contribution in [0.2, 0.25) is 0 Å². The number of nitrogens with one attached hydrogen (secondary N) is 1. The van der Waals surface area contributed by atoms with Gasteiger partial charge in [0.1, 0.15) is 5.75 Å². The molecule has 26 heavy (non-hydrogen) atoms. The second kappa shape index (κ2) is 9.04. The van der Waals surface area contributed by atoms with Gasteiger partial charge >= 0.3 is 0 Å². The summed E-state index contributed by atoms with van der Waals surface area (Å²) in [4.78, 5) is 26.0. The molecule has 2 rings (SSSR count). The maximum absolute atomic E-state index is 12.5. The summed E-state index contributed by atoms with van der Waals surface area (Å²) in [5.74, 6) is 0.727. The van der Waals surface area contributed by atoms with E-state index in [-0.39, 0.29) is 18.4 Å². The highest BCUT2D eigenvalue weighted by Crippen LogP contribution is 2.15. The summed E-state index contributed by atoms with van der Waals surface area (Å²) in [6.07, 6.45) is 0. The lowest BCUT2D eigenvalue weighted by molar-refractivity contribution is -0.116. The molecular formula is C21H26N2O3. The second-order valence-electron chi connectivity index (χ2n) is 6.80. The SMILES string of the molecule is Cc1ccc(NC(=O)CN(C)C(=O)c2ccc(OCC(C)C)cc2)cc1. The highest BCUT2D eigenvalue weighted by molar-refractivity contribution is 5.99. The maximum atomic E-state index is 12.5. The molecule has 5 heteroatoms. The van der Waals surface area contributed by atoms with Crippen LogP contribution < -0.4 is 10.1 Å². The van der Waals surface area contributed by atoms with Crippen LogP contribution in [0.3, 0.4) is 0 Å². The van der Waals surface area contributed by atoms with Crippen molar-refractivity contribution in [1.82, 2.24) is 4.90 Å². The normalized spacial score (nSPS) is 10.5. The van der Waals surface area contributed by atoms with Crippen LogP contribution in [0, 0.1) is 12.8 Å². The molecule has 0 atom stereocenters. The molecular weight excluding hydrogens is 328 g/mol. The number of carbonyl (C=O) groups is 2. The summed E-state index contributed by atoms with van der Waals surface area (Å²) in [5.41, 5.74) is 2.36. The zero-order valence-electron chi connectivity index (χ0n) is 15.8. The Bertz CT molecular complexity index is 737. The van der Waals surface area contributed by atoms with Gasteiger partial charge in [0.05, 0.1) is 13.2 Å². The third-order valence-electron chi connectivity index (χ3n) is 3.75. The minimum atomic E-state index is -0.235. The number of carbonyl (C=O) groups excluding carboxylic acids is 2. The van der Waals surface area contributed by atoms with Crippen molar-refractivity contribution in [2.75, 3.05) is 25.5 Å². The predicted octanol–water partition coefficient (Wildman–Crippen LogP) is 3.74. The Morgan fingerprint density at radius 3 is 2.23 bits per heavy atom. The molecule has 5 nitrogen and oxygen atoms in total. The zero-order chi connectivity index (χ0) is 19.1. The molecule has 2 aromatic carbocycles. The minimum absolute atomic E-state index is 0.0156. The Morgan fingerprint density at radius 2 is 1.65 bits per heavy atom. The van der Waals surface area contributed by atoms with Gasteiger partial charge in [-0.25, -0.2) is 0 Å². The number of benzene rings is 2. The summed E-state index contributed by atoms with van der Waals surface area (Å²) >= 11 is 0. The lowest BCUT2D eigenvalue weighted by Crippen LogP contribution is -2.34. The van der Waals surface area contributed by atoms with Gasteiger partial charge in [-0.05, 0) is 49.2 Å². The molecule has 0 heterocycles. The van der Waals surface area contributed by atoms with Crippen molar-refractivity contribution < 1.29 is 14.3 Å². The zero-order valence-corrected chi connectivity index (χ0v) is 15.8. The van der Waals surface area contributed by atoms with Gasteiger partial charge in [-0.1, -0.05) is 31.5 Å². The molecule has 138 valence electrons. The molecule has 0 fully saturated rings. The fourth-order valence-corrected chi connectivity index (χ4v) is 2.30. The van der Waals surface area contributed by atoms with Gasteiger partial charge in [0.25, 0.3) is 5.91 Å². The van der Waals surface area contributed by atoms with E-state index in [1.807, 2.05) is 31.2 Å².